The molecule has 1 N–H and O–H groups in total. The highest BCUT2D eigenvalue weighted by atomic mass is 16.5. The Morgan fingerprint density at radius 2 is 1.46 bits per heavy atom. The number of rotatable bonds is 7. The Morgan fingerprint density at radius 1 is 0.857 bits per heavy atom. The van der Waals surface area contributed by atoms with Gasteiger partial charge in [-0.3, -0.25) is 4.79 Å². The molecule has 0 atom stereocenters. The number of hydrogen-bond acceptors (Lipinski definition) is 4. The summed E-state index contributed by atoms with van der Waals surface area (Å²) in [5.74, 6) is -1.32. The normalized spacial score (nSPS) is 10.9. The molecule has 0 saturated carbocycles. The van der Waals surface area contributed by atoms with Gasteiger partial charge in [0.25, 0.3) is 5.91 Å². The van der Waals surface area contributed by atoms with Crippen molar-refractivity contribution in [2.24, 2.45) is 0 Å². The van der Waals surface area contributed by atoms with Gasteiger partial charge in [0.15, 0.2) is 0 Å². The van der Waals surface area contributed by atoms with Gasteiger partial charge in [0.1, 0.15) is 12.4 Å². The van der Waals surface area contributed by atoms with Crippen molar-refractivity contribution in [1.82, 2.24) is 5.32 Å². The second kappa shape index (κ2) is 9.19. The Hall–Kier alpha value is -3.86. The van der Waals surface area contributed by atoms with Crippen LogP contribution in [0.4, 0.5) is 0 Å². The number of benzene rings is 3. The van der Waals surface area contributed by atoms with Crippen molar-refractivity contribution in [3.05, 3.63) is 107 Å². The van der Waals surface area contributed by atoms with Crippen LogP contribution in [0.1, 0.15) is 21.5 Å². The van der Waals surface area contributed by atoms with Crippen molar-refractivity contribution in [3.63, 3.8) is 0 Å². The van der Waals surface area contributed by atoms with E-state index in [0.717, 1.165) is 5.56 Å². The average Bonchev–Trinajstić information content (AvgIpc) is 2.74. The van der Waals surface area contributed by atoms with E-state index in [9.17, 15) is 14.7 Å². The minimum absolute atomic E-state index is 0.313. The number of hydrogen-bond donors (Lipinski definition) is 1. The van der Waals surface area contributed by atoms with Gasteiger partial charge in [-0.1, -0.05) is 60.7 Å². The number of carboxylic acids is 1. The van der Waals surface area contributed by atoms with Gasteiger partial charge in [0.2, 0.25) is 0 Å². The zero-order valence-corrected chi connectivity index (χ0v) is 15.0. The van der Waals surface area contributed by atoms with E-state index >= 15 is 0 Å². The molecule has 0 saturated heterocycles. The van der Waals surface area contributed by atoms with Crippen molar-refractivity contribution in [1.29, 1.82) is 0 Å². The highest BCUT2D eigenvalue weighted by molar-refractivity contribution is 6.02. The van der Waals surface area contributed by atoms with Crippen LogP contribution >= 0.6 is 0 Å². The third-order valence-electron chi connectivity index (χ3n) is 3.94. The number of aliphatic carboxylic acids is 1. The quantitative estimate of drug-likeness (QED) is 0.647. The molecule has 1 amide bonds. The lowest BCUT2D eigenvalue weighted by atomic mass is 10.1. The molecule has 28 heavy (non-hydrogen) atoms. The van der Waals surface area contributed by atoms with Crippen molar-refractivity contribution in [2.75, 3.05) is 0 Å². The molecule has 0 fully saturated rings. The van der Waals surface area contributed by atoms with E-state index in [1.54, 1.807) is 54.6 Å². The minimum Gasteiger partial charge on any atom is -0.543 e. The fraction of sp³-hybridized carbons (Fsp3) is 0.0435. The predicted molar refractivity (Wildman–Crippen MR) is 104 cm³/mol. The molecule has 5 heteroatoms. The van der Waals surface area contributed by atoms with E-state index in [0.29, 0.717) is 23.5 Å². The molecule has 3 aromatic carbocycles. The number of nitrogens with one attached hydrogen (secondary N) is 1. The maximum absolute atomic E-state index is 12.2. The molecular weight excluding hydrogens is 354 g/mol. The summed E-state index contributed by atoms with van der Waals surface area (Å²) in [7, 11) is 0. The first-order valence-corrected chi connectivity index (χ1v) is 8.68. The van der Waals surface area contributed by atoms with Gasteiger partial charge in [0, 0.05) is 5.56 Å². The summed E-state index contributed by atoms with van der Waals surface area (Å²) in [4.78, 5) is 23.5. The van der Waals surface area contributed by atoms with E-state index in [-0.39, 0.29) is 5.70 Å². The summed E-state index contributed by atoms with van der Waals surface area (Å²) in [5.41, 5.74) is 1.69. The molecule has 0 aliphatic rings. The van der Waals surface area contributed by atoms with Crippen molar-refractivity contribution in [3.8, 4) is 5.75 Å². The lowest BCUT2D eigenvalue weighted by Crippen LogP contribution is -2.35. The van der Waals surface area contributed by atoms with E-state index < -0.39 is 11.9 Å². The second-order valence-electron chi connectivity index (χ2n) is 6.01. The fourth-order valence-electron chi connectivity index (χ4n) is 2.50. The third kappa shape index (κ3) is 5.32. The lowest BCUT2D eigenvalue weighted by molar-refractivity contribution is -0.299. The number of amides is 1. The number of ether oxygens (including phenoxy) is 1. The fourth-order valence-corrected chi connectivity index (χ4v) is 2.50. The zero-order chi connectivity index (χ0) is 19.8. The highest BCUT2D eigenvalue weighted by Crippen LogP contribution is 2.16. The first-order chi connectivity index (χ1) is 13.6. The minimum atomic E-state index is -1.46. The average molecular weight is 372 g/mol. The summed E-state index contributed by atoms with van der Waals surface area (Å²) in [5, 5.41) is 13.7. The summed E-state index contributed by atoms with van der Waals surface area (Å²) < 4.78 is 5.70. The van der Waals surface area contributed by atoms with Crippen LogP contribution in [-0.2, 0) is 11.4 Å². The number of carbonyl (C=O) groups excluding carboxylic acids is 2. The molecule has 0 bridgehead atoms. The Kier molecular flexibility index (Phi) is 6.21. The van der Waals surface area contributed by atoms with Gasteiger partial charge in [-0.2, -0.15) is 0 Å². The van der Waals surface area contributed by atoms with Crippen LogP contribution in [0.3, 0.4) is 0 Å². The molecule has 5 nitrogen and oxygen atoms in total. The van der Waals surface area contributed by atoms with Crippen LogP contribution in [0, 0.1) is 0 Å². The molecule has 3 aromatic rings. The van der Waals surface area contributed by atoms with Crippen molar-refractivity contribution >= 4 is 18.0 Å². The molecule has 0 aliphatic carbocycles. The van der Waals surface area contributed by atoms with Crippen molar-refractivity contribution < 1.29 is 19.4 Å². The van der Waals surface area contributed by atoms with E-state index in [2.05, 4.69) is 5.32 Å². The maximum Gasteiger partial charge on any atom is 0.255 e. The van der Waals surface area contributed by atoms with E-state index in [1.165, 1.54) is 6.08 Å². The Bertz CT molecular complexity index is 965. The standard InChI is InChI=1S/C23H19NO4/c25-22(19-9-5-2-6-10-19)24-21(23(26)27)15-17-11-13-20(14-12-17)28-16-18-7-3-1-4-8-18/h1-15H,16H2,(H,24,25)(H,26,27)/p-1/b21-15-. The topological polar surface area (TPSA) is 78.5 Å². The van der Waals surface area contributed by atoms with Gasteiger partial charge in [-0.25, -0.2) is 0 Å². The van der Waals surface area contributed by atoms with Crippen LogP contribution in [0.25, 0.3) is 6.08 Å². The van der Waals surface area contributed by atoms with Gasteiger partial charge < -0.3 is 20.0 Å². The summed E-state index contributed by atoms with van der Waals surface area (Å²) >= 11 is 0. The van der Waals surface area contributed by atoms with Crippen LogP contribution in [0.5, 0.6) is 5.75 Å². The van der Waals surface area contributed by atoms with Gasteiger partial charge in [-0.05, 0) is 41.5 Å². The molecular formula is C23H18NO4-. The lowest BCUT2D eigenvalue weighted by Gasteiger charge is -2.11. The van der Waals surface area contributed by atoms with E-state index in [1.807, 2.05) is 30.3 Å². The summed E-state index contributed by atoms with van der Waals surface area (Å²) in [6.45, 7) is 0.438. The molecule has 0 radical (unpaired) electrons. The molecule has 0 heterocycles. The SMILES string of the molecule is O=C([O-])/C(=C/c1ccc(OCc2ccccc2)cc1)NC(=O)c1ccccc1. The van der Waals surface area contributed by atoms with Gasteiger partial charge >= 0.3 is 0 Å². The van der Waals surface area contributed by atoms with Crippen LogP contribution < -0.4 is 15.2 Å². The molecule has 140 valence electrons. The highest BCUT2D eigenvalue weighted by Gasteiger charge is 2.08. The largest absolute Gasteiger partial charge is 0.543 e. The first kappa shape index (κ1) is 18.9. The molecule has 0 spiro atoms. The molecule has 0 unspecified atom stereocenters. The Labute approximate surface area is 162 Å². The molecule has 3 rings (SSSR count). The van der Waals surface area contributed by atoms with Crippen LogP contribution in [0.15, 0.2) is 90.6 Å². The second-order valence-corrected chi connectivity index (χ2v) is 6.01. The first-order valence-electron chi connectivity index (χ1n) is 8.68. The predicted octanol–water partition coefficient (Wildman–Crippen LogP) is 2.79. The van der Waals surface area contributed by atoms with Crippen LogP contribution in [-0.4, -0.2) is 11.9 Å². The zero-order valence-electron chi connectivity index (χ0n) is 15.0. The van der Waals surface area contributed by atoms with Crippen LogP contribution in [0.2, 0.25) is 0 Å². The Balaban J connectivity index is 1.67. The smallest absolute Gasteiger partial charge is 0.255 e. The number of carbonyl (C=O) groups is 2. The van der Waals surface area contributed by atoms with Gasteiger partial charge in [-0.15, -0.1) is 0 Å². The van der Waals surface area contributed by atoms with Gasteiger partial charge in [0.05, 0.1) is 11.7 Å². The van der Waals surface area contributed by atoms with Crippen molar-refractivity contribution in [2.45, 2.75) is 6.61 Å². The third-order valence-corrected chi connectivity index (χ3v) is 3.94. The molecule has 0 aliphatic heterocycles. The Morgan fingerprint density at radius 3 is 2.07 bits per heavy atom. The molecule has 0 aromatic heterocycles. The summed E-state index contributed by atoms with van der Waals surface area (Å²) in [6, 6.07) is 25.0. The monoisotopic (exact) mass is 372 g/mol. The maximum atomic E-state index is 12.2. The summed E-state index contributed by atoms with van der Waals surface area (Å²) in [6.07, 6.45) is 1.34. The number of carboxylic acid groups (broad SMARTS) is 1. The van der Waals surface area contributed by atoms with E-state index in [4.69, 9.17) is 4.74 Å².